The number of rotatable bonds is 9. The van der Waals surface area contributed by atoms with Gasteiger partial charge in [0.05, 0.1) is 19.3 Å². The fourth-order valence-electron chi connectivity index (χ4n) is 4.46. The van der Waals surface area contributed by atoms with Crippen LogP contribution in [-0.4, -0.2) is 86.3 Å². The van der Waals surface area contributed by atoms with E-state index in [1.54, 1.807) is 0 Å². The lowest BCUT2D eigenvalue weighted by molar-refractivity contribution is -0.124. The molecule has 2 aliphatic heterocycles. The highest BCUT2D eigenvalue weighted by Crippen LogP contribution is 2.16. The van der Waals surface area contributed by atoms with E-state index < -0.39 is 0 Å². The second-order valence-electron chi connectivity index (χ2n) is 9.27. The highest BCUT2D eigenvalue weighted by Gasteiger charge is 2.26. The smallest absolute Gasteiger partial charge is 0.319 e. The van der Waals surface area contributed by atoms with E-state index in [9.17, 15) is 9.59 Å². The van der Waals surface area contributed by atoms with Crippen molar-refractivity contribution in [3.8, 4) is 0 Å². The van der Waals surface area contributed by atoms with Gasteiger partial charge in [-0.15, -0.1) is 0 Å². The molecule has 0 aromatic heterocycles. The van der Waals surface area contributed by atoms with E-state index in [2.05, 4.69) is 39.6 Å². The molecule has 0 aliphatic carbocycles. The zero-order valence-corrected chi connectivity index (χ0v) is 19.5. The molecule has 3 rings (SSSR count). The molecule has 0 saturated carbocycles. The van der Waals surface area contributed by atoms with E-state index in [1.807, 2.05) is 30.3 Å². The van der Waals surface area contributed by atoms with Gasteiger partial charge in [0, 0.05) is 44.5 Å². The fourth-order valence-corrected chi connectivity index (χ4v) is 4.46. The summed E-state index contributed by atoms with van der Waals surface area (Å²) >= 11 is 0. The van der Waals surface area contributed by atoms with E-state index in [0.717, 1.165) is 57.7 Å². The number of carbonyl (C=O) groups excluding carboxylic acids is 2. The quantitative estimate of drug-likeness (QED) is 0.542. The number of morpholine rings is 1. The highest BCUT2D eigenvalue weighted by atomic mass is 16.5. The molecular weight excluding hydrogens is 406 g/mol. The van der Waals surface area contributed by atoms with Gasteiger partial charge in [0.25, 0.3) is 0 Å². The third kappa shape index (κ3) is 8.41. The first-order valence-corrected chi connectivity index (χ1v) is 11.9. The lowest BCUT2D eigenvalue weighted by atomic mass is 10.0. The number of hydrogen-bond acceptors (Lipinski definition) is 5. The number of nitrogens with one attached hydrogen (secondary N) is 3. The monoisotopic (exact) mass is 445 g/mol. The van der Waals surface area contributed by atoms with Crippen molar-refractivity contribution >= 4 is 17.6 Å². The maximum atomic E-state index is 12.6. The molecule has 2 aliphatic rings. The first-order valence-electron chi connectivity index (χ1n) is 11.9. The number of carbonyl (C=O) groups is 2. The average molecular weight is 446 g/mol. The van der Waals surface area contributed by atoms with Crippen molar-refractivity contribution in [2.75, 3.05) is 57.7 Å². The number of urea groups is 1. The Morgan fingerprint density at radius 3 is 2.69 bits per heavy atom. The molecule has 3 N–H and O–H groups in total. The highest BCUT2D eigenvalue weighted by molar-refractivity contribution is 5.89. The van der Waals surface area contributed by atoms with Gasteiger partial charge >= 0.3 is 6.03 Å². The van der Waals surface area contributed by atoms with Gasteiger partial charge in [-0.05, 0) is 37.4 Å². The predicted octanol–water partition coefficient (Wildman–Crippen LogP) is 2.14. The second-order valence-corrected chi connectivity index (χ2v) is 9.27. The van der Waals surface area contributed by atoms with Crippen LogP contribution >= 0.6 is 0 Å². The molecule has 32 heavy (non-hydrogen) atoms. The van der Waals surface area contributed by atoms with Crippen molar-refractivity contribution < 1.29 is 14.3 Å². The molecule has 2 heterocycles. The van der Waals surface area contributed by atoms with E-state index in [4.69, 9.17) is 4.74 Å². The number of para-hydroxylation sites is 1. The third-order valence-corrected chi connectivity index (χ3v) is 6.00. The van der Waals surface area contributed by atoms with Crippen LogP contribution in [-0.2, 0) is 9.53 Å². The topological polar surface area (TPSA) is 85.9 Å². The van der Waals surface area contributed by atoms with Crippen molar-refractivity contribution in [1.29, 1.82) is 0 Å². The molecule has 3 amide bonds. The zero-order valence-electron chi connectivity index (χ0n) is 19.5. The summed E-state index contributed by atoms with van der Waals surface area (Å²) in [5.41, 5.74) is 0.766. The van der Waals surface area contributed by atoms with Crippen molar-refractivity contribution in [2.45, 2.75) is 45.3 Å². The molecule has 1 aromatic carbocycles. The van der Waals surface area contributed by atoms with E-state index in [-0.39, 0.29) is 24.1 Å². The number of hydrogen-bond donors (Lipinski definition) is 3. The van der Waals surface area contributed by atoms with Gasteiger partial charge in [-0.25, -0.2) is 4.79 Å². The number of benzene rings is 1. The Hall–Kier alpha value is -2.16. The molecule has 8 nitrogen and oxygen atoms in total. The molecular formula is C24H39N5O3. The van der Waals surface area contributed by atoms with Crippen molar-refractivity contribution in [3.05, 3.63) is 30.3 Å². The molecule has 2 saturated heterocycles. The Morgan fingerprint density at radius 1 is 1.09 bits per heavy atom. The van der Waals surface area contributed by atoms with Crippen molar-refractivity contribution in [2.24, 2.45) is 5.92 Å². The van der Waals surface area contributed by atoms with Crippen LogP contribution in [0.5, 0.6) is 0 Å². The summed E-state index contributed by atoms with van der Waals surface area (Å²) in [5.74, 6) is 0.651. The number of likely N-dealkylation sites (tertiary alicyclic amines) is 1. The van der Waals surface area contributed by atoms with Gasteiger partial charge < -0.3 is 20.7 Å². The zero-order chi connectivity index (χ0) is 22.8. The minimum Gasteiger partial charge on any atom is -0.374 e. The normalized spacial score (nSPS) is 22.5. The largest absolute Gasteiger partial charge is 0.374 e. The number of ether oxygens (including phenoxy) is 1. The Labute approximate surface area is 192 Å². The van der Waals surface area contributed by atoms with Crippen LogP contribution in [0.25, 0.3) is 0 Å². The Morgan fingerprint density at radius 2 is 1.91 bits per heavy atom. The second kappa shape index (κ2) is 12.8. The molecule has 2 unspecified atom stereocenters. The molecule has 2 fully saturated rings. The lowest BCUT2D eigenvalue weighted by Gasteiger charge is -2.36. The third-order valence-electron chi connectivity index (χ3n) is 6.00. The predicted molar refractivity (Wildman–Crippen MR) is 127 cm³/mol. The molecule has 8 heteroatoms. The van der Waals surface area contributed by atoms with Crippen LogP contribution in [0.3, 0.4) is 0 Å². The maximum absolute atomic E-state index is 12.6. The van der Waals surface area contributed by atoms with Gasteiger partial charge in [0.2, 0.25) is 5.91 Å². The Bertz CT molecular complexity index is 715. The molecule has 1 aromatic rings. The van der Waals surface area contributed by atoms with Gasteiger partial charge in [-0.3, -0.25) is 14.6 Å². The van der Waals surface area contributed by atoms with E-state index >= 15 is 0 Å². The molecule has 178 valence electrons. The first-order chi connectivity index (χ1) is 15.5. The van der Waals surface area contributed by atoms with Crippen LogP contribution in [0.15, 0.2) is 30.3 Å². The summed E-state index contributed by atoms with van der Waals surface area (Å²) in [5, 5.41) is 8.86. The van der Waals surface area contributed by atoms with Crippen LogP contribution in [0.1, 0.15) is 33.1 Å². The van der Waals surface area contributed by atoms with Crippen LogP contribution in [0.2, 0.25) is 0 Å². The number of amides is 3. The van der Waals surface area contributed by atoms with E-state index in [1.165, 1.54) is 0 Å². The standard InChI is InChI=1S/C24H39N5O3/c1-19(2)16-28-12-13-32-22(17-28)15-25-23(30)18-29-11-7-6-10-21(29)14-26-24(31)27-20-8-4-3-5-9-20/h3-5,8-9,19,21-22H,6-7,10-18H2,1-2H3,(H,25,30)(H2,26,27,31). The van der Waals surface area contributed by atoms with Gasteiger partial charge in [-0.1, -0.05) is 38.5 Å². The number of nitrogens with zero attached hydrogens (tertiary/aromatic N) is 2. The summed E-state index contributed by atoms with van der Waals surface area (Å²) in [7, 11) is 0. The summed E-state index contributed by atoms with van der Waals surface area (Å²) < 4.78 is 5.84. The fraction of sp³-hybridized carbons (Fsp3) is 0.667. The molecule has 2 atom stereocenters. The summed E-state index contributed by atoms with van der Waals surface area (Å²) in [4.78, 5) is 29.4. The Balaban J connectivity index is 1.39. The van der Waals surface area contributed by atoms with Crippen molar-refractivity contribution in [1.82, 2.24) is 20.4 Å². The van der Waals surface area contributed by atoms with E-state index in [0.29, 0.717) is 25.6 Å². The van der Waals surface area contributed by atoms with Crippen LogP contribution in [0.4, 0.5) is 10.5 Å². The maximum Gasteiger partial charge on any atom is 0.319 e. The van der Waals surface area contributed by atoms with Crippen LogP contribution in [0, 0.1) is 5.92 Å². The Kier molecular flexibility index (Phi) is 9.77. The minimum atomic E-state index is -0.216. The number of anilines is 1. The molecule has 0 spiro atoms. The average Bonchev–Trinajstić information content (AvgIpc) is 2.78. The first kappa shape index (κ1) is 24.5. The van der Waals surface area contributed by atoms with Gasteiger partial charge in [-0.2, -0.15) is 0 Å². The number of piperidine rings is 1. The summed E-state index contributed by atoms with van der Waals surface area (Å²) in [6.45, 7) is 10.4. The SMILES string of the molecule is CC(C)CN1CCOC(CNC(=O)CN2CCCCC2CNC(=O)Nc2ccccc2)C1. The molecule has 0 radical (unpaired) electrons. The van der Waals surface area contributed by atoms with Gasteiger partial charge in [0.1, 0.15) is 0 Å². The summed E-state index contributed by atoms with van der Waals surface area (Å²) in [6.07, 6.45) is 3.23. The van der Waals surface area contributed by atoms with Gasteiger partial charge in [0.15, 0.2) is 0 Å². The van der Waals surface area contributed by atoms with Crippen LogP contribution < -0.4 is 16.0 Å². The molecule has 0 bridgehead atoms. The lowest BCUT2D eigenvalue weighted by Crippen LogP contribution is -2.52. The van der Waals surface area contributed by atoms with Crippen molar-refractivity contribution in [3.63, 3.8) is 0 Å². The summed E-state index contributed by atoms with van der Waals surface area (Å²) in [6, 6.07) is 9.35. The minimum absolute atomic E-state index is 0.0234.